The van der Waals surface area contributed by atoms with Gasteiger partial charge in [-0.1, -0.05) is 0 Å². The first-order valence-corrected chi connectivity index (χ1v) is 7.66. The van der Waals surface area contributed by atoms with E-state index in [1.165, 1.54) is 0 Å². The number of aromatic nitrogens is 2. The zero-order chi connectivity index (χ0) is 16.1. The van der Waals surface area contributed by atoms with Crippen LogP contribution < -0.4 is 15.0 Å². The van der Waals surface area contributed by atoms with Gasteiger partial charge in [-0.15, -0.1) is 10.2 Å². The second-order valence-corrected chi connectivity index (χ2v) is 5.50. The Hall–Kier alpha value is -2.63. The van der Waals surface area contributed by atoms with Crippen molar-refractivity contribution < 1.29 is 9.53 Å². The van der Waals surface area contributed by atoms with Crippen molar-refractivity contribution >= 4 is 17.4 Å². The minimum atomic E-state index is 0.0246. The molecule has 23 heavy (non-hydrogen) atoms. The van der Waals surface area contributed by atoms with Crippen LogP contribution in [0, 0.1) is 12.1 Å². The first-order valence-electron chi connectivity index (χ1n) is 7.66. The van der Waals surface area contributed by atoms with Gasteiger partial charge in [-0.2, -0.15) is 0 Å². The van der Waals surface area contributed by atoms with E-state index in [1.54, 1.807) is 13.2 Å². The van der Waals surface area contributed by atoms with Gasteiger partial charge in [0, 0.05) is 24.7 Å². The van der Waals surface area contributed by atoms with Crippen molar-refractivity contribution in [2.75, 3.05) is 30.4 Å². The predicted molar refractivity (Wildman–Crippen MR) is 87.4 cm³/mol. The molecule has 1 aliphatic rings. The second-order valence-electron chi connectivity index (χ2n) is 5.50. The minimum absolute atomic E-state index is 0.0246. The molecule has 1 fully saturated rings. The molecule has 6 nitrogen and oxygen atoms in total. The molecular weight excluding hydrogens is 292 g/mol. The van der Waals surface area contributed by atoms with Crippen molar-refractivity contribution in [2.45, 2.75) is 12.8 Å². The Morgan fingerprint density at radius 3 is 2.61 bits per heavy atom. The van der Waals surface area contributed by atoms with E-state index in [0.29, 0.717) is 0 Å². The molecule has 1 radical (unpaired) electrons. The van der Waals surface area contributed by atoms with Gasteiger partial charge < -0.3 is 15.0 Å². The largest absolute Gasteiger partial charge is 0.497 e. The van der Waals surface area contributed by atoms with Crippen LogP contribution in [0.2, 0.25) is 0 Å². The Morgan fingerprint density at radius 1 is 1.26 bits per heavy atom. The van der Waals surface area contributed by atoms with Crippen molar-refractivity contribution in [3.8, 4) is 5.75 Å². The van der Waals surface area contributed by atoms with Crippen LogP contribution in [0.3, 0.4) is 0 Å². The number of hydrogen-bond acceptors (Lipinski definition) is 5. The molecular formula is C17H19N4O2. The number of benzene rings is 1. The SMILES string of the molecule is COc1ccc(NC(=O)C2CCN(c3cc[c]nn3)CC2)cc1. The van der Waals surface area contributed by atoms with Gasteiger partial charge in [0.05, 0.1) is 7.11 Å². The summed E-state index contributed by atoms with van der Waals surface area (Å²) in [5.74, 6) is 1.72. The van der Waals surface area contributed by atoms with Gasteiger partial charge in [0.1, 0.15) is 11.9 Å². The Morgan fingerprint density at radius 2 is 2.00 bits per heavy atom. The Balaban J connectivity index is 1.53. The van der Waals surface area contributed by atoms with Gasteiger partial charge in [0.2, 0.25) is 5.91 Å². The van der Waals surface area contributed by atoms with Crippen molar-refractivity contribution in [1.29, 1.82) is 0 Å². The van der Waals surface area contributed by atoms with Crippen LogP contribution in [-0.2, 0) is 4.79 Å². The number of methoxy groups -OCH3 is 1. The Kier molecular flexibility index (Phi) is 4.71. The van der Waals surface area contributed by atoms with E-state index >= 15 is 0 Å². The van der Waals surface area contributed by atoms with E-state index < -0.39 is 0 Å². The number of hydrogen-bond donors (Lipinski definition) is 1. The molecule has 1 aromatic heterocycles. The maximum absolute atomic E-state index is 12.4. The summed E-state index contributed by atoms with van der Waals surface area (Å²) in [4.78, 5) is 14.5. The van der Waals surface area contributed by atoms with Crippen LogP contribution in [0.1, 0.15) is 12.8 Å². The molecule has 3 rings (SSSR count). The summed E-state index contributed by atoms with van der Waals surface area (Å²) in [5, 5.41) is 10.8. The second kappa shape index (κ2) is 7.09. The zero-order valence-corrected chi connectivity index (χ0v) is 13.0. The monoisotopic (exact) mass is 311 g/mol. The highest BCUT2D eigenvalue weighted by atomic mass is 16.5. The maximum Gasteiger partial charge on any atom is 0.227 e. The fourth-order valence-corrected chi connectivity index (χ4v) is 2.72. The normalized spacial score (nSPS) is 15.3. The summed E-state index contributed by atoms with van der Waals surface area (Å²) in [5.41, 5.74) is 0.794. The average Bonchev–Trinajstić information content (AvgIpc) is 2.63. The molecule has 0 bridgehead atoms. The molecule has 1 saturated heterocycles. The number of ether oxygens (including phenoxy) is 1. The Labute approximate surface area is 135 Å². The summed E-state index contributed by atoms with van der Waals surface area (Å²) >= 11 is 0. The van der Waals surface area contributed by atoms with Crippen molar-refractivity contribution in [3.63, 3.8) is 0 Å². The Bertz CT molecular complexity index is 637. The molecule has 1 amide bonds. The minimum Gasteiger partial charge on any atom is -0.497 e. The third-order valence-electron chi connectivity index (χ3n) is 4.06. The molecule has 1 aromatic carbocycles. The number of amides is 1. The number of piperidine rings is 1. The lowest BCUT2D eigenvalue weighted by Gasteiger charge is -2.31. The smallest absolute Gasteiger partial charge is 0.227 e. The van der Waals surface area contributed by atoms with Gasteiger partial charge in [0.25, 0.3) is 0 Å². The number of carbonyl (C=O) groups is 1. The lowest BCUT2D eigenvalue weighted by molar-refractivity contribution is -0.120. The fraction of sp³-hybridized carbons (Fsp3) is 0.353. The topological polar surface area (TPSA) is 67.3 Å². The molecule has 119 valence electrons. The highest BCUT2D eigenvalue weighted by molar-refractivity contribution is 5.92. The molecule has 0 unspecified atom stereocenters. The van der Waals surface area contributed by atoms with Crippen molar-refractivity contribution in [3.05, 3.63) is 42.6 Å². The first-order chi connectivity index (χ1) is 11.3. The molecule has 0 spiro atoms. The van der Waals surface area contributed by atoms with Gasteiger partial charge in [0.15, 0.2) is 5.82 Å². The summed E-state index contributed by atoms with van der Waals surface area (Å²) in [6, 6.07) is 11.0. The molecule has 6 heteroatoms. The van der Waals surface area contributed by atoms with E-state index in [9.17, 15) is 4.79 Å². The lowest BCUT2D eigenvalue weighted by atomic mass is 9.96. The summed E-state index contributed by atoms with van der Waals surface area (Å²) in [6.07, 6.45) is 4.29. The summed E-state index contributed by atoms with van der Waals surface area (Å²) in [6.45, 7) is 1.61. The molecule has 0 aliphatic carbocycles. The number of carbonyl (C=O) groups excluding carboxylic acids is 1. The van der Waals surface area contributed by atoms with Crippen LogP contribution in [0.5, 0.6) is 5.75 Å². The van der Waals surface area contributed by atoms with Crippen molar-refractivity contribution in [1.82, 2.24) is 10.2 Å². The van der Waals surface area contributed by atoms with Crippen LogP contribution in [0.15, 0.2) is 36.4 Å². The van der Waals surface area contributed by atoms with Gasteiger partial charge in [-0.25, -0.2) is 0 Å². The van der Waals surface area contributed by atoms with E-state index in [1.807, 2.05) is 30.3 Å². The molecule has 2 heterocycles. The third-order valence-corrected chi connectivity index (χ3v) is 4.06. The van der Waals surface area contributed by atoms with E-state index in [2.05, 4.69) is 26.6 Å². The lowest BCUT2D eigenvalue weighted by Crippen LogP contribution is -2.38. The van der Waals surface area contributed by atoms with E-state index in [0.717, 1.165) is 43.2 Å². The number of rotatable bonds is 4. The van der Waals surface area contributed by atoms with E-state index in [-0.39, 0.29) is 11.8 Å². The number of anilines is 2. The zero-order valence-electron chi connectivity index (χ0n) is 13.0. The van der Waals surface area contributed by atoms with Crippen LogP contribution in [0.25, 0.3) is 0 Å². The number of nitrogens with zero attached hydrogens (tertiary/aromatic N) is 3. The molecule has 0 atom stereocenters. The molecule has 1 N–H and O–H groups in total. The first kappa shape index (κ1) is 15.3. The standard InChI is InChI=1S/C17H19N4O2/c1-23-15-6-4-14(5-7-15)19-17(22)13-8-11-21(12-9-13)16-3-2-10-18-20-16/h2-7,13H,8-9,11-12H2,1H3,(H,19,22). The fourth-order valence-electron chi connectivity index (χ4n) is 2.72. The van der Waals surface area contributed by atoms with Crippen LogP contribution >= 0.6 is 0 Å². The van der Waals surface area contributed by atoms with E-state index in [4.69, 9.17) is 4.74 Å². The quantitative estimate of drug-likeness (QED) is 0.937. The van der Waals surface area contributed by atoms with Gasteiger partial charge in [-0.05, 0) is 49.2 Å². The molecule has 0 saturated carbocycles. The van der Waals surface area contributed by atoms with Gasteiger partial charge in [-0.3, -0.25) is 4.79 Å². The third kappa shape index (κ3) is 3.77. The highest BCUT2D eigenvalue weighted by Crippen LogP contribution is 2.23. The van der Waals surface area contributed by atoms with Crippen LogP contribution in [-0.4, -0.2) is 36.3 Å². The highest BCUT2D eigenvalue weighted by Gasteiger charge is 2.25. The average molecular weight is 311 g/mol. The van der Waals surface area contributed by atoms with Gasteiger partial charge >= 0.3 is 0 Å². The van der Waals surface area contributed by atoms with Crippen molar-refractivity contribution in [2.24, 2.45) is 5.92 Å². The number of nitrogens with one attached hydrogen (secondary N) is 1. The maximum atomic E-state index is 12.4. The summed E-state index contributed by atoms with van der Waals surface area (Å²) in [7, 11) is 1.62. The van der Waals surface area contributed by atoms with Crippen LogP contribution in [0.4, 0.5) is 11.5 Å². The molecule has 1 aliphatic heterocycles. The summed E-state index contributed by atoms with van der Waals surface area (Å²) < 4.78 is 5.11. The molecule has 2 aromatic rings. The predicted octanol–water partition coefficient (Wildman–Crippen LogP) is 2.14.